The standard InChI is InChI=1S/C12H17BrN2O2S/c1-9(12(16)15-4-6-17-7-5-15)14-8-10-2-3-11(13)18-10/h2-3,9,14H,4-8H2,1H3. The summed E-state index contributed by atoms with van der Waals surface area (Å²) in [6, 6.07) is 3.94. The highest BCUT2D eigenvalue weighted by atomic mass is 79.9. The molecule has 1 amide bonds. The van der Waals surface area contributed by atoms with Crippen molar-refractivity contribution in [2.24, 2.45) is 0 Å². The van der Waals surface area contributed by atoms with E-state index in [1.54, 1.807) is 11.3 Å². The van der Waals surface area contributed by atoms with Crippen LogP contribution >= 0.6 is 27.3 Å². The number of ether oxygens (including phenoxy) is 1. The van der Waals surface area contributed by atoms with Crippen LogP contribution in [-0.2, 0) is 16.1 Å². The first-order valence-corrected chi connectivity index (χ1v) is 7.62. The molecule has 1 saturated heterocycles. The van der Waals surface area contributed by atoms with Gasteiger partial charge in [0.15, 0.2) is 0 Å². The molecule has 6 heteroatoms. The van der Waals surface area contributed by atoms with E-state index < -0.39 is 0 Å². The second kappa shape index (κ2) is 6.65. The largest absolute Gasteiger partial charge is 0.378 e. The molecule has 1 fully saturated rings. The Morgan fingerprint density at radius 1 is 1.56 bits per heavy atom. The van der Waals surface area contributed by atoms with Crippen molar-refractivity contribution in [2.75, 3.05) is 26.3 Å². The van der Waals surface area contributed by atoms with E-state index in [2.05, 4.69) is 27.3 Å². The summed E-state index contributed by atoms with van der Waals surface area (Å²) >= 11 is 5.12. The molecular formula is C12H17BrN2O2S. The summed E-state index contributed by atoms with van der Waals surface area (Å²) in [7, 11) is 0. The third-order valence-electron chi connectivity index (χ3n) is 2.90. The minimum Gasteiger partial charge on any atom is -0.378 e. The molecular weight excluding hydrogens is 316 g/mol. The lowest BCUT2D eigenvalue weighted by molar-refractivity contribution is -0.137. The third-order valence-corrected chi connectivity index (χ3v) is 4.53. The van der Waals surface area contributed by atoms with Gasteiger partial charge in [0, 0.05) is 24.5 Å². The average molecular weight is 333 g/mol. The molecule has 0 bridgehead atoms. The Balaban J connectivity index is 1.79. The number of hydrogen-bond donors (Lipinski definition) is 1. The highest BCUT2D eigenvalue weighted by Crippen LogP contribution is 2.21. The Bertz CT molecular complexity index is 405. The summed E-state index contributed by atoms with van der Waals surface area (Å²) in [6.45, 7) is 5.35. The van der Waals surface area contributed by atoms with Crippen LogP contribution in [0.4, 0.5) is 0 Å². The van der Waals surface area contributed by atoms with E-state index in [1.165, 1.54) is 4.88 Å². The van der Waals surface area contributed by atoms with Crippen LogP contribution in [0.3, 0.4) is 0 Å². The van der Waals surface area contributed by atoms with E-state index in [0.29, 0.717) is 26.3 Å². The van der Waals surface area contributed by atoms with Crippen molar-refractivity contribution in [1.82, 2.24) is 10.2 Å². The predicted molar refractivity (Wildman–Crippen MR) is 75.7 cm³/mol. The smallest absolute Gasteiger partial charge is 0.239 e. The predicted octanol–water partition coefficient (Wildman–Crippen LogP) is 1.85. The van der Waals surface area contributed by atoms with E-state index in [0.717, 1.165) is 10.3 Å². The number of rotatable bonds is 4. The van der Waals surface area contributed by atoms with Gasteiger partial charge in [0.1, 0.15) is 0 Å². The first-order valence-electron chi connectivity index (χ1n) is 6.01. The second-order valence-corrected chi connectivity index (χ2v) is 6.79. The lowest BCUT2D eigenvalue weighted by Gasteiger charge is -2.29. The summed E-state index contributed by atoms with van der Waals surface area (Å²) in [4.78, 5) is 15.2. The van der Waals surface area contributed by atoms with Gasteiger partial charge in [0.2, 0.25) is 5.91 Å². The first-order chi connectivity index (χ1) is 8.66. The summed E-state index contributed by atoms with van der Waals surface area (Å²) < 4.78 is 6.36. The van der Waals surface area contributed by atoms with Crippen molar-refractivity contribution in [1.29, 1.82) is 0 Å². The first kappa shape index (κ1) is 14.0. The quantitative estimate of drug-likeness (QED) is 0.914. The van der Waals surface area contributed by atoms with Crippen LogP contribution < -0.4 is 5.32 Å². The zero-order chi connectivity index (χ0) is 13.0. The van der Waals surface area contributed by atoms with Gasteiger partial charge in [-0.3, -0.25) is 4.79 Å². The van der Waals surface area contributed by atoms with Crippen LogP contribution in [0.15, 0.2) is 15.9 Å². The minimum atomic E-state index is -0.149. The van der Waals surface area contributed by atoms with Gasteiger partial charge in [-0.05, 0) is 35.0 Å². The monoisotopic (exact) mass is 332 g/mol. The van der Waals surface area contributed by atoms with E-state index >= 15 is 0 Å². The molecule has 100 valence electrons. The molecule has 2 rings (SSSR count). The van der Waals surface area contributed by atoms with Crippen LogP contribution in [0.25, 0.3) is 0 Å². The minimum absolute atomic E-state index is 0.149. The Kier molecular flexibility index (Phi) is 5.17. The van der Waals surface area contributed by atoms with E-state index in [9.17, 15) is 4.79 Å². The summed E-state index contributed by atoms with van der Waals surface area (Å²) in [6.07, 6.45) is 0. The molecule has 2 heterocycles. The molecule has 4 nitrogen and oxygen atoms in total. The van der Waals surface area contributed by atoms with Crippen LogP contribution in [0.5, 0.6) is 0 Å². The van der Waals surface area contributed by atoms with Crippen molar-refractivity contribution in [3.05, 3.63) is 20.8 Å². The van der Waals surface area contributed by atoms with E-state index in [-0.39, 0.29) is 11.9 Å². The van der Waals surface area contributed by atoms with Gasteiger partial charge >= 0.3 is 0 Å². The Labute approximate surface area is 119 Å². The molecule has 0 radical (unpaired) electrons. The number of amides is 1. The molecule has 1 aliphatic rings. The molecule has 1 aromatic rings. The van der Waals surface area contributed by atoms with Gasteiger partial charge in [-0.25, -0.2) is 0 Å². The number of carbonyl (C=O) groups excluding carboxylic acids is 1. The highest BCUT2D eigenvalue weighted by Gasteiger charge is 2.21. The fourth-order valence-electron chi connectivity index (χ4n) is 1.85. The Morgan fingerprint density at radius 2 is 2.28 bits per heavy atom. The summed E-state index contributed by atoms with van der Waals surface area (Å²) in [5.41, 5.74) is 0. The summed E-state index contributed by atoms with van der Waals surface area (Å²) in [5.74, 6) is 0.161. The number of nitrogens with one attached hydrogen (secondary N) is 1. The van der Waals surface area contributed by atoms with Crippen molar-refractivity contribution >= 4 is 33.2 Å². The van der Waals surface area contributed by atoms with Gasteiger partial charge in [-0.2, -0.15) is 0 Å². The van der Waals surface area contributed by atoms with Crippen LogP contribution in [0.1, 0.15) is 11.8 Å². The Morgan fingerprint density at radius 3 is 2.89 bits per heavy atom. The van der Waals surface area contributed by atoms with Crippen LogP contribution in [-0.4, -0.2) is 43.2 Å². The molecule has 1 N–H and O–H groups in total. The maximum Gasteiger partial charge on any atom is 0.239 e. The fraction of sp³-hybridized carbons (Fsp3) is 0.583. The summed E-state index contributed by atoms with van der Waals surface area (Å²) in [5, 5.41) is 3.27. The van der Waals surface area contributed by atoms with Gasteiger partial charge in [-0.1, -0.05) is 0 Å². The van der Waals surface area contributed by atoms with Gasteiger partial charge in [0.05, 0.1) is 23.0 Å². The maximum atomic E-state index is 12.1. The maximum absolute atomic E-state index is 12.1. The van der Waals surface area contributed by atoms with Gasteiger partial charge in [-0.15, -0.1) is 11.3 Å². The normalized spacial score (nSPS) is 17.8. The van der Waals surface area contributed by atoms with Crippen molar-refractivity contribution in [3.8, 4) is 0 Å². The number of thiophene rings is 1. The lowest BCUT2D eigenvalue weighted by atomic mass is 10.2. The van der Waals surface area contributed by atoms with E-state index in [4.69, 9.17) is 4.74 Å². The lowest BCUT2D eigenvalue weighted by Crippen LogP contribution is -2.48. The van der Waals surface area contributed by atoms with E-state index in [1.807, 2.05) is 17.9 Å². The number of morpholine rings is 1. The third kappa shape index (κ3) is 3.78. The van der Waals surface area contributed by atoms with Crippen molar-refractivity contribution < 1.29 is 9.53 Å². The molecule has 1 unspecified atom stereocenters. The molecule has 0 aliphatic carbocycles. The Hall–Kier alpha value is -0.430. The number of halogens is 1. The number of carbonyl (C=O) groups is 1. The average Bonchev–Trinajstić information content (AvgIpc) is 2.82. The molecule has 1 atom stereocenters. The number of hydrogen-bond acceptors (Lipinski definition) is 4. The van der Waals surface area contributed by atoms with Crippen molar-refractivity contribution in [2.45, 2.75) is 19.5 Å². The number of nitrogens with zero attached hydrogens (tertiary/aromatic N) is 1. The zero-order valence-electron chi connectivity index (χ0n) is 10.3. The highest BCUT2D eigenvalue weighted by molar-refractivity contribution is 9.11. The molecule has 1 aliphatic heterocycles. The second-order valence-electron chi connectivity index (χ2n) is 4.25. The van der Waals surface area contributed by atoms with Gasteiger partial charge < -0.3 is 15.0 Å². The van der Waals surface area contributed by atoms with Gasteiger partial charge in [0.25, 0.3) is 0 Å². The molecule has 1 aromatic heterocycles. The van der Waals surface area contributed by atoms with Crippen molar-refractivity contribution in [3.63, 3.8) is 0 Å². The zero-order valence-corrected chi connectivity index (χ0v) is 12.7. The fourth-order valence-corrected chi connectivity index (χ4v) is 3.28. The topological polar surface area (TPSA) is 41.6 Å². The molecule has 0 aromatic carbocycles. The van der Waals surface area contributed by atoms with Crippen LogP contribution in [0.2, 0.25) is 0 Å². The molecule has 18 heavy (non-hydrogen) atoms. The molecule has 0 saturated carbocycles. The SMILES string of the molecule is CC(NCc1ccc(Br)s1)C(=O)N1CCOCC1. The molecule has 0 spiro atoms. The van der Waals surface area contributed by atoms with Crippen LogP contribution in [0, 0.1) is 0 Å².